The lowest BCUT2D eigenvalue weighted by Gasteiger charge is -2.27. The van der Waals surface area contributed by atoms with Gasteiger partial charge in [0.05, 0.1) is 70.9 Å². The Morgan fingerprint density at radius 3 is 2.00 bits per heavy atom. The first-order chi connectivity index (χ1) is 22.3. The number of nitriles is 1. The highest BCUT2D eigenvalue weighted by Gasteiger charge is 2.16. The fraction of sp³-hybridized carbons (Fsp3) is 0.455. The average molecular weight is 646 g/mol. The van der Waals surface area contributed by atoms with Gasteiger partial charge in [-0.2, -0.15) is 15.5 Å². The molecule has 0 fully saturated rings. The zero-order valence-corrected chi connectivity index (χ0v) is 28.2. The molecule has 0 aliphatic heterocycles. The number of imidazole rings is 2. The second-order valence-electron chi connectivity index (χ2n) is 11.0. The predicted molar refractivity (Wildman–Crippen MR) is 176 cm³/mol. The number of aryl methyl sites for hydroxylation is 4. The Morgan fingerprint density at radius 2 is 1.46 bits per heavy atom. The standard InChI is InChI=1S/C33H43N9O3S/c1-26-22-30(27(2)21-29(26)36-37-33-32(35-4)28(3)31(23-34)46-33)42(13-17-43-15-11-40-9-7-38(5)24-40)14-18-45-20-19-44-16-12-41-10-8-39(6)25-41/h7-10,21-22,24-25H,11-20H2,1-3,5-6H3/q+2/b37-36+. The van der Waals surface area contributed by atoms with Crippen LogP contribution in [-0.4, -0.2) is 61.9 Å². The molecule has 3 heterocycles. The van der Waals surface area contributed by atoms with Gasteiger partial charge in [-0.25, -0.2) is 23.1 Å². The number of benzene rings is 1. The Bertz CT molecular complexity index is 1690. The molecule has 1 aromatic carbocycles. The van der Waals surface area contributed by atoms with Crippen LogP contribution in [-0.2, 0) is 41.4 Å². The molecule has 242 valence electrons. The van der Waals surface area contributed by atoms with E-state index in [-0.39, 0.29) is 0 Å². The number of ether oxygens (including phenoxy) is 3. The molecule has 0 amide bonds. The van der Waals surface area contributed by atoms with E-state index in [1.165, 1.54) is 11.3 Å². The van der Waals surface area contributed by atoms with Crippen LogP contribution in [0.15, 0.2) is 59.8 Å². The third-order valence-electron chi connectivity index (χ3n) is 7.43. The van der Waals surface area contributed by atoms with Gasteiger partial charge >= 0.3 is 0 Å². The van der Waals surface area contributed by atoms with Crippen molar-refractivity contribution in [3.63, 3.8) is 0 Å². The monoisotopic (exact) mass is 645 g/mol. The molecule has 0 unspecified atom stereocenters. The molecule has 4 rings (SSSR count). The van der Waals surface area contributed by atoms with E-state index in [0.717, 1.165) is 35.6 Å². The lowest BCUT2D eigenvalue weighted by molar-refractivity contribution is -0.671. The van der Waals surface area contributed by atoms with Crippen LogP contribution in [0, 0.1) is 38.7 Å². The van der Waals surface area contributed by atoms with Gasteiger partial charge in [-0.1, -0.05) is 0 Å². The Balaban J connectivity index is 1.35. The summed E-state index contributed by atoms with van der Waals surface area (Å²) in [5, 5.41) is 18.7. The summed E-state index contributed by atoms with van der Waals surface area (Å²) in [6.45, 7) is 19.8. The maximum atomic E-state index is 9.36. The summed E-state index contributed by atoms with van der Waals surface area (Å²) in [6, 6.07) is 6.27. The van der Waals surface area contributed by atoms with Crippen LogP contribution in [0.4, 0.5) is 22.1 Å². The summed E-state index contributed by atoms with van der Waals surface area (Å²) in [7, 11) is 4.00. The van der Waals surface area contributed by atoms with Gasteiger partial charge in [0.2, 0.25) is 18.3 Å². The minimum absolute atomic E-state index is 0.383. The molecule has 0 saturated carbocycles. The van der Waals surface area contributed by atoms with E-state index < -0.39 is 0 Å². The number of hydrogen-bond donors (Lipinski definition) is 0. The third kappa shape index (κ3) is 9.80. The zero-order valence-electron chi connectivity index (χ0n) is 27.3. The van der Waals surface area contributed by atoms with Crippen molar-refractivity contribution in [1.82, 2.24) is 9.13 Å². The highest BCUT2D eigenvalue weighted by atomic mass is 32.1. The van der Waals surface area contributed by atoms with Gasteiger partial charge in [0.25, 0.3) is 0 Å². The van der Waals surface area contributed by atoms with Crippen molar-refractivity contribution < 1.29 is 23.3 Å². The van der Waals surface area contributed by atoms with Gasteiger partial charge in [-0.05, 0) is 49.6 Å². The van der Waals surface area contributed by atoms with E-state index >= 15 is 0 Å². The lowest BCUT2D eigenvalue weighted by Crippen LogP contribution is -2.32. The van der Waals surface area contributed by atoms with Crippen molar-refractivity contribution in [2.75, 3.05) is 57.6 Å². The van der Waals surface area contributed by atoms with E-state index in [9.17, 15) is 5.26 Å². The predicted octanol–water partition coefficient (Wildman–Crippen LogP) is 5.02. The topological polar surface area (TPSA) is 101 Å². The number of anilines is 1. The van der Waals surface area contributed by atoms with E-state index in [1.807, 2.05) is 73.7 Å². The van der Waals surface area contributed by atoms with E-state index in [4.69, 9.17) is 20.8 Å². The first-order valence-corrected chi connectivity index (χ1v) is 16.0. The molecule has 0 aliphatic carbocycles. The van der Waals surface area contributed by atoms with Crippen LogP contribution < -0.4 is 14.0 Å². The van der Waals surface area contributed by atoms with Crippen molar-refractivity contribution in [2.45, 2.75) is 33.9 Å². The number of hydrogen-bond acceptors (Lipinski definition) is 8. The quantitative estimate of drug-likeness (QED) is 0.0655. The van der Waals surface area contributed by atoms with Gasteiger partial charge in [-0.15, -0.1) is 11.3 Å². The Hall–Kier alpha value is -4.40. The fourth-order valence-corrected chi connectivity index (χ4v) is 5.73. The molecule has 13 heteroatoms. The van der Waals surface area contributed by atoms with Crippen molar-refractivity contribution in [1.29, 1.82) is 5.26 Å². The molecule has 0 radical (unpaired) electrons. The van der Waals surface area contributed by atoms with Crippen LogP contribution in [0.3, 0.4) is 0 Å². The highest BCUT2D eigenvalue weighted by Crippen LogP contribution is 2.42. The van der Waals surface area contributed by atoms with Gasteiger partial charge in [0.1, 0.15) is 48.9 Å². The maximum Gasteiger partial charge on any atom is 0.243 e. The Kier molecular flexibility index (Phi) is 13.0. The molecule has 46 heavy (non-hydrogen) atoms. The number of nitrogens with zero attached hydrogens (tertiary/aromatic N) is 9. The molecular formula is C33H43N9O3S+2. The highest BCUT2D eigenvalue weighted by molar-refractivity contribution is 7.17. The molecule has 12 nitrogen and oxygen atoms in total. The van der Waals surface area contributed by atoms with E-state index in [0.29, 0.717) is 73.9 Å². The molecule has 0 N–H and O–H groups in total. The van der Waals surface area contributed by atoms with Crippen LogP contribution >= 0.6 is 11.3 Å². The van der Waals surface area contributed by atoms with E-state index in [1.54, 1.807) is 6.92 Å². The second kappa shape index (κ2) is 17.3. The summed E-state index contributed by atoms with van der Waals surface area (Å²) in [5.74, 6) is 0. The average Bonchev–Trinajstić information content (AvgIpc) is 3.74. The molecule has 4 aromatic rings. The van der Waals surface area contributed by atoms with Crippen LogP contribution in [0.1, 0.15) is 21.6 Å². The fourth-order valence-electron chi connectivity index (χ4n) is 4.86. The minimum Gasteiger partial charge on any atom is -0.377 e. The van der Waals surface area contributed by atoms with E-state index in [2.05, 4.69) is 48.2 Å². The van der Waals surface area contributed by atoms with Gasteiger partial charge in [-0.3, -0.25) is 0 Å². The molecular weight excluding hydrogens is 602 g/mol. The van der Waals surface area contributed by atoms with Crippen molar-refractivity contribution in [2.24, 2.45) is 24.3 Å². The summed E-state index contributed by atoms with van der Waals surface area (Å²) >= 11 is 1.19. The normalized spacial score (nSPS) is 11.3. The van der Waals surface area contributed by atoms with Crippen LogP contribution in [0.25, 0.3) is 4.85 Å². The molecule has 0 atom stereocenters. The lowest BCUT2D eigenvalue weighted by atomic mass is 10.1. The number of aromatic nitrogens is 4. The van der Waals surface area contributed by atoms with Crippen molar-refractivity contribution in [3.05, 3.63) is 82.6 Å². The smallest absolute Gasteiger partial charge is 0.243 e. The van der Waals surface area contributed by atoms with Crippen LogP contribution in [0.2, 0.25) is 0 Å². The van der Waals surface area contributed by atoms with Crippen LogP contribution in [0.5, 0.6) is 0 Å². The summed E-state index contributed by atoms with van der Waals surface area (Å²) in [4.78, 5) is 6.34. The number of azo groups is 1. The van der Waals surface area contributed by atoms with Crippen molar-refractivity contribution in [3.8, 4) is 6.07 Å². The number of rotatable bonds is 18. The Labute approximate surface area is 275 Å². The van der Waals surface area contributed by atoms with Gasteiger partial charge in [0.15, 0.2) is 0 Å². The molecule has 0 saturated heterocycles. The van der Waals surface area contributed by atoms with Gasteiger partial charge < -0.3 is 19.1 Å². The first-order valence-electron chi connectivity index (χ1n) is 15.2. The first kappa shape index (κ1) is 34.5. The largest absolute Gasteiger partial charge is 0.377 e. The summed E-state index contributed by atoms with van der Waals surface area (Å²) in [5.41, 5.74) is 4.84. The zero-order chi connectivity index (χ0) is 32.9. The molecule has 0 spiro atoms. The third-order valence-corrected chi connectivity index (χ3v) is 8.50. The maximum absolute atomic E-state index is 9.36. The summed E-state index contributed by atoms with van der Waals surface area (Å²) < 4.78 is 25.9. The van der Waals surface area contributed by atoms with Gasteiger partial charge in [0, 0.05) is 18.8 Å². The SMILES string of the molecule is [C-]#[N+]c1c(/N=N/c2cc(C)c(N(CCOCCOCCn3cc[n+](C)c3)CCOCCn3cc[n+](C)c3)cc2C)sc(C#N)c1C. The number of thiophene rings is 1. The second-order valence-corrected chi connectivity index (χ2v) is 12.0. The minimum atomic E-state index is 0.383. The van der Waals surface area contributed by atoms with Crippen molar-refractivity contribution >= 4 is 33.4 Å². The molecule has 3 aromatic heterocycles. The summed E-state index contributed by atoms with van der Waals surface area (Å²) in [6.07, 6.45) is 12.1. The molecule has 0 bridgehead atoms. The molecule has 0 aliphatic rings. The Morgan fingerprint density at radius 1 is 0.870 bits per heavy atom.